The zero-order valence-electron chi connectivity index (χ0n) is 12.0. The minimum absolute atomic E-state index is 0.0186. The first kappa shape index (κ1) is 15.4. The number of hydrogen-bond donors (Lipinski definition) is 2. The van der Waals surface area contributed by atoms with Crippen molar-refractivity contribution in [3.63, 3.8) is 0 Å². The van der Waals surface area contributed by atoms with Crippen molar-refractivity contribution in [3.05, 3.63) is 24.3 Å². The molecule has 2 rings (SSSR count). The smallest absolute Gasteiger partial charge is 0.241 e. The van der Waals surface area contributed by atoms with Crippen molar-refractivity contribution in [2.24, 2.45) is 5.92 Å². The van der Waals surface area contributed by atoms with E-state index >= 15 is 0 Å². The lowest BCUT2D eigenvalue weighted by molar-refractivity contribution is -0.120. The Morgan fingerprint density at radius 1 is 1.55 bits per heavy atom. The summed E-state index contributed by atoms with van der Waals surface area (Å²) in [4.78, 5) is 15.5. The lowest BCUT2D eigenvalue weighted by Crippen LogP contribution is -2.40. The van der Waals surface area contributed by atoms with Gasteiger partial charge in [-0.05, 0) is 44.2 Å². The number of likely N-dealkylation sites (tertiary alicyclic amines) is 1. The van der Waals surface area contributed by atoms with Crippen LogP contribution in [-0.4, -0.2) is 47.9 Å². The molecule has 0 spiro atoms. The van der Waals surface area contributed by atoms with Gasteiger partial charge in [0.05, 0.1) is 11.7 Å². The summed E-state index contributed by atoms with van der Waals surface area (Å²) in [5, 5.41) is 12.2. The summed E-state index contributed by atoms with van der Waals surface area (Å²) in [6.45, 7) is 3.82. The van der Waals surface area contributed by atoms with Crippen LogP contribution in [0.3, 0.4) is 0 Å². The minimum Gasteiger partial charge on any atom is -0.396 e. The summed E-state index contributed by atoms with van der Waals surface area (Å²) in [6, 6.07) is 7.66. The highest BCUT2D eigenvalue weighted by atomic mass is 32.2. The number of carbonyl (C=O) groups is 1. The van der Waals surface area contributed by atoms with Crippen LogP contribution < -0.4 is 5.32 Å². The molecule has 1 heterocycles. The molecule has 1 amide bonds. The third-order valence-electron chi connectivity index (χ3n) is 3.87. The third kappa shape index (κ3) is 3.53. The second-order valence-corrected chi connectivity index (χ2v) is 6.05. The standard InChI is InChI=1S/C15H22N2O2S/c1-11(17-8-7-12(9-17)10-18)15(19)16-13-5-3-4-6-14(13)20-2/h3-6,11-12,18H,7-10H2,1-2H3,(H,16,19). The summed E-state index contributed by atoms with van der Waals surface area (Å²) in [5.74, 6) is 0.328. The predicted octanol–water partition coefficient (Wildman–Crippen LogP) is 2.05. The number of aliphatic hydroxyl groups excluding tert-OH is 1. The maximum atomic E-state index is 12.3. The highest BCUT2D eigenvalue weighted by Crippen LogP contribution is 2.25. The molecular weight excluding hydrogens is 272 g/mol. The fourth-order valence-electron chi connectivity index (χ4n) is 2.51. The summed E-state index contributed by atoms with van der Waals surface area (Å²) < 4.78 is 0. The van der Waals surface area contributed by atoms with E-state index in [1.807, 2.05) is 37.4 Å². The molecule has 20 heavy (non-hydrogen) atoms. The summed E-state index contributed by atoms with van der Waals surface area (Å²) in [5.41, 5.74) is 0.870. The van der Waals surface area contributed by atoms with Crippen LogP contribution in [0.15, 0.2) is 29.2 Å². The molecule has 0 aromatic heterocycles. The van der Waals surface area contributed by atoms with Crippen molar-refractivity contribution in [2.75, 3.05) is 31.3 Å². The van der Waals surface area contributed by atoms with Gasteiger partial charge in [0.15, 0.2) is 0 Å². The topological polar surface area (TPSA) is 52.6 Å². The average Bonchev–Trinajstić information content (AvgIpc) is 2.95. The number of hydrogen-bond acceptors (Lipinski definition) is 4. The van der Waals surface area contributed by atoms with Crippen molar-refractivity contribution in [2.45, 2.75) is 24.3 Å². The molecule has 1 aliphatic rings. The molecular formula is C15H22N2O2S. The van der Waals surface area contributed by atoms with Crippen LogP contribution >= 0.6 is 11.8 Å². The Labute approximate surface area is 124 Å². The Balaban J connectivity index is 1.97. The van der Waals surface area contributed by atoms with Crippen LogP contribution in [-0.2, 0) is 4.79 Å². The fourth-order valence-corrected chi connectivity index (χ4v) is 3.07. The molecule has 1 aromatic carbocycles. The van der Waals surface area contributed by atoms with E-state index in [1.165, 1.54) is 0 Å². The summed E-state index contributed by atoms with van der Waals surface area (Å²) in [6.07, 6.45) is 2.97. The van der Waals surface area contributed by atoms with E-state index in [-0.39, 0.29) is 18.6 Å². The Kier molecular flexibility index (Phi) is 5.46. The molecule has 1 aromatic rings. The highest BCUT2D eigenvalue weighted by molar-refractivity contribution is 7.98. The average molecular weight is 294 g/mol. The third-order valence-corrected chi connectivity index (χ3v) is 4.66. The van der Waals surface area contributed by atoms with Crippen LogP contribution in [0.25, 0.3) is 0 Å². The van der Waals surface area contributed by atoms with E-state index in [0.29, 0.717) is 5.92 Å². The van der Waals surface area contributed by atoms with E-state index in [0.717, 1.165) is 30.1 Å². The number of anilines is 1. The number of nitrogens with zero attached hydrogens (tertiary/aromatic N) is 1. The molecule has 0 bridgehead atoms. The van der Waals surface area contributed by atoms with Crippen LogP contribution in [0.4, 0.5) is 5.69 Å². The van der Waals surface area contributed by atoms with Crippen LogP contribution in [0, 0.1) is 5.92 Å². The monoisotopic (exact) mass is 294 g/mol. The van der Waals surface area contributed by atoms with Gasteiger partial charge < -0.3 is 10.4 Å². The lowest BCUT2D eigenvalue weighted by Gasteiger charge is -2.23. The number of benzene rings is 1. The molecule has 110 valence electrons. The van der Waals surface area contributed by atoms with Crippen LogP contribution in [0.1, 0.15) is 13.3 Å². The van der Waals surface area contributed by atoms with Crippen molar-refractivity contribution >= 4 is 23.4 Å². The van der Waals surface area contributed by atoms with E-state index < -0.39 is 0 Å². The first-order valence-electron chi connectivity index (χ1n) is 6.94. The second kappa shape index (κ2) is 7.11. The van der Waals surface area contributed by atoms with Crippen molar-refractivity contribution in [3.8, 4) is 0 Å². The summed E-state index contributed by atoms with van der Waals surface area (Å²) >= 11 is 1.62. The Morgan fingerprint density at radius 2 is 2.30 bits per heavy atom. The maximum Gasteiger partial charge on any atom is 0.241 e. The van der Waals surface area contributed by atoms with E-state index in [4.69, 9.17) is 0 Å². The summed E-state index contributed by atoms with van der Waals surface area (Å²) in [7, 11) is 0. The van der Waals surface area contributed by atoms with Gasteiger partial charge in [-0.25, -0.2) is 0 Å². The molecule has 1 fully saturated rings. The largest absolute Gasteiger partial charge is 0.396 e. The van der Waals surface area contributed by atoms with Gasteiger partial charge in [0.1, 0.15) is 0 Å². The fraction of sp³-hybridized carbons (Fsp3) is 0.533. The quantitative estimate of drug-likeness (QED) is 0.816. The lowest BCUT2D eigenvalue weighted by atomic mass is 10.1. The molecule has 4 nitrogen and oxygen atoms in total. The van der Waals surface area contributed by atoms with Crippen LogP contribution in [0.2, 0.25) is 0 Å². The van der Waals surface area contributed by atoms with Gasteiger partial charge in [-0.1, -0.05) is 12.1 Å². The molecule has 0 aliphatic carbocycles. The number of rotatable bonds is 5. The molecule has 1 saturated heterocycles. The zero-order valence-corrected chi connectivity index (χ0v) is 12.8. The SMILES string of the molecule is CSc1ccccc1NC(=O)C(C)N1CCC(CO)C1. The van der Waals surface area contributed by atoms with Crippen molar-refractivity contribution in [1.29, 1.82) is 0 Å². The number of thioether (sulfide) groups is 1. The van der Waals surface area contributed by atoms with E-state index in [1.54, 1.807) is 11.8 Å². The normalized spacial score (nSPS) is 20.9. The first-order valence-corrected chi connectivity index (χ1v) is 8.17. The molecule has 2 unspecified atom stereocenters. The van der Waals surface area contributed by atoms with Gasteiger partial charge in [-0.15, -0.1) is 11.8 Å². The molecule has 1 aliphatic heterocycles. The molecule has 0 saturated carbocycles. The van der Waals surface area contributed by atoms with Crippen molar-refractivity contribution in [1.82, 2.24) is 4.90 Å². The second-order valence-electron chi connectivity index (χ2n) is 5.20. The van der Waals surface area contributed by atoms with Gasteiger partial charge >= 0.3 is 0 Å². The first-order chi connectivity index (χ1) is 9.65. The van der Waals surface area contributed by atoms with Gasteiger partial charge in [0, 0.05) is 18.0 Å². The van der Waals surface area contributed by atoms with Crippen LogP contribution in [0.5, 0.6) is 0 Å². The van der Waals surface area contributed by atoms with Gasteiger partial charge in [0.25, 0.3) is 0 Å². The zero-order chi connectivity index (χ0) is 14.5. The number of carbonyl (C=O) groups excluding carboxylic acids is 1. The number of amides is 1. The number of nitrogens with one attached hydrogen (secondary N) is 1. The molecule has 2 N–H and O–H groups in total. The molecule has 5 heteroatoms. The Hall–Kier alpha value is -1.04. The number of aliphatic hydroxyl groups is 1. The maximum absolute atomic E-state index is 12.3. The highest BCUT2D eigenvalue weighted by Gasteiger charge is 2.29. The van der Waals surface area contributed by atoms with Gasteiger partial charge in [-0.3, -0.25) is 9.69 Å². The van der Waals surface area contributed by atoms with Gasteiger partial charge in [0.2, 0.25) is 5.91 Å². The van der Waals surface area contributed by atoms with Gasteiger partial charge in [-0.2, -0.15) is 0 Å². The molecule has 2 atom stereocenters. The van der Waals surface area contributed by atoms with E-state index in [9.17, 15) is 9.90 Å². The minimum atomic E-state index is -0.165. The molecule has 0 radical (unpaired) electrons. The number of para-hydroxylation sites is 1. The Morgan fingerprint density at radius 3 is 2.95 bits per heavy atom. The Bertz CT molecular complexity index is 467. The van der Waals surface area contributed by atoms with E-state index in [2.05, 4.69) is 10.2 Å². The van der Waals surface area contributed by atoms with Crippen molar-refractivity contribution < 1.29 is 9.90 Å². The predicted molar refractivity (Wildman–Crippen MR) is 83.1 cm³/mol.